The third-order valence-electron chi connectivity index (χ3n) is 0. The van der Waals surface area contributed by atoms with Crippen LogP contribution in [0.1, 0.15) is 2.97 Å². The predicted octanol–water partition coefficient (Wildman–Crippen LogP) is -3.42. The molecule has 0 nitrogen and oxygen atoms in total. The van der Waals surface area contributed by atoms with Gasteiger partial charge in [-0.25, -0.2) is 0 Å². The zero-order valence-corrected chi connectivity index (χ0v) is 0. The van der Waals surface area contributed by atoms with Crippen molar-refractivity contribution in [1.82, 2.24) is 0 Å². The minimum atomic E-state index is 0. The first-order chi connectivity index (χ1) is 1.00. The molecule has 0 fully saturated rings. The minimum absolute atomic E-state index is 0. The Labute approximate surface area is 74.8 Å². The van der Waals surface area contributed by atoms with Crippen LogP contribution in [0.3, 0.4) is 0 Å². The molecule has 0 unspecified atom stereocenters. The molecule has 0 bridgehead atoms. The first kappa shape index (κ1) is 16.3. The van der Waals surface area contributed by atoms with E-state index in [2.05, 4.69) is 0 Å². The summed E-state index contributed by atoms with van der Waals surface area (Å²) in [6.07, 6.45) is 0. The quantitative estimate of drug-likeness (QED) is 0.265. The molecule has 4 heteroatoms. The van der Waals surface area contributed by atoms with E-state index < -0.39 is 0 Å². The molecule has 0 radical (unpaired) electrons. The summed E-state index contributed by atoms with van der Waals surface area (Å²) in [5.74, 6) is 0. The Morgan fingerprint density at radius 1 is 1.00 bits per heavy atom. The molecule has 0 aliphatic carbocycles. The summed E-state index contributed by atoms with van der Waals surface area (Å²) in [6, 6.07) is 0. The second kappa shape index (κ2) is 18.7. The summed E-state index contributed by atoms with van der Waals surface area (Å²) < 4.78 is 10.0. The summed E-state index contributed by atoms with van der Waals surface area (Å²) in [4.78, 5) is 0. The molecule has 0 aromatic heterocycles. The van der Waals surface area contributed by atoms with Gasteiger partial charge in [0.2, 0.25) is 0 Å². The Bertz CT molecular complexity index is 9.51. The van der Waals surface area contributed by atoms with Crippen molar-refractivity contribution < 1.29 is 2.97 Å². The summed E-state index contributed by atoms with van der Waals surface area (Å²) >= 11 is 0. The molecule has 0 N–H and O–H groups in total. The molecule has 0 saturated carbocycles. The average molecular weight is 77.9 g/mol. The molecule has 0 rings (SSSR count). The van der Waals surface area contributed by atoms with E-state index >= 15 is 0 Å². The average Bonchev–Trinajstić information content (AvgIpc) is 1.00. The number of hydrogen-bond donors (Lipinski definition) is 0. The van der Waals surface area contributed by atoms with Gasteiger partial charge >= 0.3 is 37.7 Å². The number of rotatable bonds is 0. The van der Waals surface area contributed by atoms with E-state index in [1.807, 2.05) is 0 Å². The van der Waals surface area contributed by atoms with Gasteiger partial charge in [-0.1, -0.05) is 0 Å². The summed E-state index contributed by atoms with van der Waals surface area (Å²) in [6.45, 7) is 0. The molecule has 0 aromatic carbocycles. The number of hydrogen-bond acceptors (Lipinski definition) is 0. The van der Waals surface area contributed by atoms with Crippen molar-refractivity contribution in [3.63, 3.8) is 0 Å². The molecule has 0 spiro atoms. The third kappa shape index (κ3) is 8.86. The van der Waals surface area contributed by atoms with E-state index in [1.165, 1.54) is 0 Å². The van der Waals surface area contributed by atoms with Crippen molar-refractivity contribution >= 4 is 72.4 Å². The maximum atomic E-state index is 5.00. The van der Waals surface area contributed by atoms with Gasteiger partial charge in [0.05, 0.1) is 0 Å². The Morgan fingerprint density at radius 3 is 1.00 bits per heavy atom. The van der Waals surface area contributed by atoms with Gasteiger partial charge < -0.3 is 0 Å². The van der Waals surface area contributed by atoms with Crippen molar-refractivity contribution in [2.45, 2.75) is 0 Å². The maximum absolute atomic E-state index is 5.00. The van der Waals surface area contributed by atoms with Crippen molar-refractivity contribution in [2.75, 3.05) is 0 Å². The summed E-state index contributed by atoms with van der Waals surface area (Å²) in [5, 5.41) is 0. The van der Waals surface area contributed by atoms with Gasteiger partial charge in [-0.3, -0.25) is 0 Å². The van der Waals surface area contributed by atoms with Gasteiger partial charge in [0.15, 0.2) is 34.7 Å². The fourth-order valence-electron chi connectivity index (χ4n) is 0. The first-order valence-electron chi connectivity index (χ1n) is 1.00. The molecule has 0 aliphatic rings. The topological polar surface area (TPSA) is 0 Å². The Balaban J connectivity index is -0.000000000833. The van der Waals surface area contributed by atoms with Crippen LogP contribution in [0.4, 0.5) is 0 Å². The molecule has 0 atom stereocenters. The van der Waals surface area contributed by atoms with Crippen LogP contribution in [-0.4, -0.2) is 72.4 Å². The SMILES string of the molecule is [AlH3].[AlH3].[H][H].[LiH].[LiH]. The Hall–Kier alpha value is 2.26. The van der Waals surface area contributed by atoms with Crippen LogP contribution in [-0.2, 0) is 0 Å². The molecular weight excluding hydrogens is 67.8 g/mol. The molecule has 0 aliphatic heterocycles. The molecule has 4 heavy (non-hydrogen) atoms. The second-order valence-corrected chi connectivity index (χ2v) is 0. The van der Waals surface area contributed by atoms with Crippen LogP contribution in [0, 0.1) is 0 Å². The first-order valence-corrected chi connectivity index (χ1v) is 0. The normalized spacial score (nSPS) is 2.00. The van der Waals surface area contributed by atoms with Crippen molar-refractivity contribution in [2.24, 2.45) is 0 Å². The van der Waals surface area contributed by atoms with E-state index in [4.69, 9.17) is 2.97 Å². The second-order valence-electron chi connectivity index (χ2n) is 0. The van der Waals surface area contributed by atoms with E-state index in [1.54, 1.807) is 0 Å². The van der Waals surface area contributed by atoms with Crippen LogP contribution in [0.2, 0.25) is 0 Å². The van der Waals surface area contributed by atoms with E-state index in [0.717, 1.165) is 0 Å². The van der Waals surface area contributed by atoms with Crippen LogP contribution in [0.5, 0.6) is 0 Å². The van der Waals surface area contributed by atoms with Gasteiger partial charge in [0, 0.05) is 2.97 Å². The zero-order chi connectivity index (χ0) is 2.00. The van der Waals surface area contributed by atoms with Crippen LogP contribution in [0.15, 0.2) is 0 Å². The zero-order valence-electron chi connectivity index (χ0n) is 2.00. The van der Waals surface area contributed by atoms with Crippen molar-refractivity contribution in [3.8, 4) is 0 Å². The monoisotopic (exact) mass is 78.1 g/mol. The van der Waals surface area contributed by atoms with Crippen molar-refractivity contribution in [1.29, 1.82) is 0 Å². The van der Waals surface area contributed by atoms with Gasteiger partial charge in [-0.15, -0.1) is 0 Å². The molecule has 0 heterocycles. The van der Waals surface area contributed by atoms with E-state index in [9.17, 15) is 0 Å². The van der Waals surface area contributed by atoms with Crippen LogP contribution in [0.25, 0.3) is 0 Å². The van der Waals surface area contributed by atoms with E-state index in [0.29, 0.717) is 0 Å². The Morgan fingerprint density at radius 2 is 1.00 bits per heavy atom. The third-order valence-corrected chi connectivity index (χ3v) is 0. The fourth-order valence-corrected chi connectivity index (χ4v) is 0. The van der Waals surface area contributed by atoms with Crippen LogP contribution >= 0.6 is 0 Å². The summed E-state index contributed by atoms with van der Waals surface area (Å²) in [7, 11) is 0. The molecule has 0 amide bonds. The molecule has 18 valence electrons. The van der Waals surface area contributed by atoms with Gasteiger partial charge in [-0.2, -0.15) is 0 Å². The molecule has 0 saturated heterocycles. The molecule has 0 aromatic rings. The van der Waals surface area contributed by atoms with Crippen molar-refractivity contribution in [3.05, 3.63) is 0 Å². The fraction of sp³-hybridized carbons (Fsp3) is 0. The predicted molar refractivity (Wildman–Crippen MR) is 36.3 cm³/mol. The molecular formula is H10Al2Li2. The van der Waals surface area contributed by atoms with Gasteiger partial charge in [0.1, 0.15) is 0 Å². The Kier molecular flexibility index (Phi) is 76.2. The van der Waals surface area contributed by atoms with E-state index in [-0.39, 0.29) is 72.4 Å². The van der Waals surface area contributed by atoms with Gasteiger partial charge in [0.25, 0.3) is 0 Å². The summed E-state index contributed by atoms with van der Waals surface area (Å²) in [5.41, 5.74) is 0. The van der Waals surface area contributed by atoms with Crippen LogP contribution < -0.4 is 0 Å². The standard InChI is InChI=1S/2Al.2Li.H2.8H/h;;;;1H;;;;;;;;. The van der Waals surface area contributed by atoms with Gasteiger partial charge in [-0.05, 0) is 0 Å².